The maximum atomic E-state index is 17.0. The zero-order chi connectivity index (χ0) is 38.6. The molecule has 1 aliphatic carbocycles. The van der Waals surface area contributed by atoms with Crippen molar-refractivity contribution in [1.82, 2.24) is 9.37 Å². The summed E-state index contributed by atoms with van der Waals surface area (Å²) < 4.78 is 114. The molecule has 1 saturated heterocycles. The number of likely N-dealkylation sites (tertiary alicyclic amines) is 1. The van der Waals surface area contributed by atoms with E-state index in [0.717, 1.165) is 61.3 Å². The second-order valence-corrected chi connectivity index (χ2v) is 15.3. The van der Waals surface area contributed by atoms with E-state index in [4.69, 9.17) is 26.8 Å². The third kappa shape index (κ3) is 9.39. The van der Waals surface area contributed by atoms with Crippen molar-refractivity contribution in [1.29, 1.82) is 0 Å². The Morgan fingerprint density at radius 3 is 2.13 bits per heavy atom. The van der Waals surface area contributed by atoms with Crippen LogP contribution in [0.3, 0.4) is 0 Å². The minimum Gasteiger partial charge on any atom is -0.496 e. The molecule has 53 heavy (non-hydrogen) atoms. The van der Waals surface area contributed by atoms with E-state index in [1.54, 1.807) is 24.3 Å². The Labute approximate surface area is 308 Å². The Hall–Kier alpha value is -3.99. The van der Waals surface area contributed by atoms with E-state index in [2.05, 4.69) is 4.84 Å². The lowest BCUT2D eigenvalue weighted by atomic mass is 9.90. The van der Waals surface area contributed by atoms with Crippen molar-refractivity contribution < 1.29 is 54.3 Å². The van der Waals surface area contributed by atoms with E-state index in [1.165, 1.54) is 25.3 Å². The summed E-state index contributed by atoms with van der Waals surface area (Å²) in [6, 6.07) is 9.61. The van der Waals surface area contributed by atoms with Crippen LogP contribution >= 0.6 is 11.6 Å². The zero-order valence-electron chi connectivity index (χ0n) is 28.7. The highest BCUT2D eigenvalue weighted by Crippen LogP contribution is 2.43. The van der Waals surface area contributed by atoms with Gasteiger partial charge in [-0.1, -0.05) is 55.1 Å². The summed E-state index contributed by atoms with van der Waals surface area (Å²) in [5.41, 5.74) is 5.70. The molecule has 2 N–H and O–H groups in total. The van der Waals surface area contributed by atoms with Crippen LogP contribution in [0.5, 0.6) is 11.5 Å². The maximum Gasteiger partial charge on any atom is 0.492 e. The van der Waals surface area contributed by atoms with Crippen LogP contribution in [0.1, 0.15) is 50.5 Å². The fraction of sp³-hybridized carbons (Fsp3) is 0.444. The Bertz CT molecular complexity index is 1850. The van der Waals surface area contributed by atoms with Crippen LogP contribution in [0.25, 0.3) is 11.1 Å². The predicted molar refractivity (Wildman–Crippen MR) is 185 cm³/mol. The standard InChI is InChI=1S/C36H39ClF5N3O7S/c1-50-31-21-25(9-16-30(31)24-7-10-26(37)11-8-24)35(38,39)32(33(46)44-19-17-27(43)18-20-44)45(52-34(47)36(40,41)42)53(48,49)29-14-12-28(13-15-29)51-22-23-5-3-2-4-6-23/h7-16,21,23,27,32H,2-6,17-20,22,43H2,1H3/t32-/m0/s1. The van der Waals surface area contributed by atoms with Crippen molar-refractivity contribution in [2.75, 3.05) is 26.8 Å². The number of nitrogens with zero attached hydrogens (tertiary/aromatic N) is 2. The Balaban J connectivity index is 1.59. The Morgan fingerprint density at radius 1 is 0.925 bits per heavy atom. The van der Waals surface area contributed by atoms with Crippen LogP contribution in [0.15, 0.2) is 71.6 Å². The summed E-state index contributed by atoms with van der Waals surface area (Å²) in [5.74, 6) is -9.05. The van der Waals surface area contributed by atoms with Crippen molar-refractivity contribution in [3.05, 3.63) is 77.3 Å². The number of alkyl halides is 5. The Morgan fingerprint density at radius 2 is 1.55 bits per heavy atom. The number of benzene rings is 3. The molecule has 0 aromatic heterocycles. The largest absolute Gasteiger partial charge is 0.496 e. The molecule has 10 nitrogen and oxygen atoms in total. The SMILES string of the molecule is COc1cc(C(F)(F)[C@H](C(=O)N2CCC(N)CC2)N(OC(=O)C(F)(F)F)S(=O)(=O)c2ccc(OCC3CCCCC3)cc2)ccc1-c1ccc(Cl)cc1. The molecule has 288 valence electrons. The van der Waals surface area contributed by atoms with Crippen LogP contribution in [-0.4, -0.2) is 74.7 Å². The number of nitrogens with two attached hydrogens (primary N) is 1. The van der Waals surface area contributed by atoms with Gasteiger partial charge in [0.25, 0.3) is 15.9 Å². The second-order valence-electron chi connectivity index (χ2n) is 13.0. The quantitative estimate of drug-likeness (QED) is 0.152. The summed E-state index contributed by atoms with van der Waals surface area (Å²) in [7, 11) is -4.44. The van der Waals surface area contributed by atoms with Gasteiger partial charge in [0.2, 0.25) is 6.04 Å². The van der Waals surface area contributed by atoms with Gasteiger partial charge in [0.1, 0.15) is 11.5 Å². The molecule has 1 aliphatic heterocycles. The fourth-order valence-electron chi connectivity index (χ4n) is 6.35. The van der Waals surface area contributed by atoms with Crippen molar-refractivity contribution in [3.8, 4) is 22.6 Å². The summed E-state index contributed by atoms with van der Waals surface area (Å²) in [6.07, 6.45) is -0.459. The normalized spacial score (nSPS) is 17.0. The van der Waals surface area contributed by atoms with Crippen LogP contribution < -0.4 is 15.2 Å². The van der Waals surface area contributed by atoms with Gasteiger partial charge in [0, 0.05) is 35.3 Å². The number of carbonyl (C=O) groups is 2. The molecular weight excluding hydrogens is 749 g/mol. The summed E-state index contributed by atoms with van der Waals surface area (Å²) >= 11 is 5.98. The minimum absolute atomic E-state index is 0.130. The molecule has 3 aromatic rings. The molecule has 5 rings (SSSR count). The molecule has 0 radical (unpaired) electrons. The van der Waals surface area contributed by atoms with E-state index in [1.807, 2.05) is 0 Å². The molecule has 3 aromatic carbocycles. The highest BCUT2D eigenvalue weighted by atomic mass is 35.5. The molecule has 1 amide bonds. The summed E-state index contributed by atoms with van der Waals surface area (Å²) in [4.78, 5) is 30.7. The van der Waals surface area contributed by atoms with E-state index in [0.29, 0.717) is 22.8 Å². The molecule has 0 unspecified atom stereocenters. The van der Waals surface area contributed by atoms with Crippen LogP contribution in [-0.2, 0) is 30.4 Å². The lowest BCUT2D eigenvalue weighted by Crippen LogP contribution is -2.60. The van der Waals surface area contributed by atoms with E-state index in [-0.39, 0.29) is 43.3 Å². The molecule has 1 saturated carbocycles. The van der Waals surface area contributed by atoms with Gasteiger partial charge < -0.3 is 24.9 Å². The lowest BCUT2D eigenvalue weighted by Gasteiger charge is -2.38. The Kier molecular flexibility index (Phi) is 12.6. The van der Waals surface area contributed by atoms with Gasteiger partial charge in [-0.15, -0.1) is 0 Å². The zero-order valence-corrected chi connectivity index (χ0v) is 30.2. The van der Waals surface area contributed by atoms with Crippen LogP contribution in [0.4, 0.5) is 22.0 Å². The van der Waals surface area contributed by atoms with Crippen LogP contribution in [0.2, 0.25) is 5.02 Å². The number of amides is 1. The first kappa shape index (κ1) is 40.2. The second kappa shape index (κ2) is 16.6. The van der Waals surface area contributed by atoms with Gasteiger partial charge in [-0.3, -0.25) is 4.79 Å². The molecule has 2 aliphatic rings. The van der Waals surface area contributed by atoms with Gasteiger partial charge in [-0.25, -0.2) is 13.2 Å². The number of sulfonamides is 1. The number of hydrogen-bond acceptors (Lipinski definition) is 8. The first-order valence-corrected chi connectivity index (χ1v) is 18.8. The van der Waals surface area contributed by atoms with E-state index < -0.39 is 61.0 Å². The van der Waals surface area contributed by atoms with E-state index >= 15 is 8.78 Å². The van der Waals surface area contributed by atoms with Crippen molar-refractivity contribution in [3.63, 3.8) is 0 Å². The molecule has 17 heteroatoms. The minimum atomic E-state index is -5.84. The maximum absolute atomic E-state index is 17.0. The number of methoxy groups -OCH3 is 1. The average molecular weight is 788 g/mol. The lowest BCUT2D eigenvalue weighted by molar-refractivity contribution is -0.239. The molecule has 0 bridgehead atoms. The number of hydrogen-bond donors (Lipinski definition) is 1. The first-order valence-electron chi connectivity index (χ1n) is 17.0. The molecule has 1 atom stereocenters. The number of rotatable bonds is 12. The number of carbonyl (C=O) groups excluding carboxylic acids is 2. The third-order valence-electron chi connectivity index (χ3n) is 9.35. The van der Waals surface area contributed by atoms with Crippen molar-refractivity contribution >= 4 is 33.5 Å². The molecule has 2 fully saturated rings. The van der Waals surface area contributed by atoms with E-state index in [9.17, 15) is 31.2 Å². The summed E-state index contributed by atoms with van der Waals surface area (Å²) in [5, 5.41) is 0.396. The van der Waals surface area contributed by atoms with Gasteiger partial charge in [0.15, 0.2) is 0 Å². The third-order valence-corrected chi connectivity index (χ3v) is 11.2. The predicted octanol–water partition coefficient (Wildman–Crippen LogP) is 7.10. The number of piperidine rings is 1. The number of hydroxylamine groups is 1. The molecular formula is C36H39ClF5N3O7S. The first-order chi connectivity index (χ1) is 25.0. The highest BCUT2D eigenvalue weighted by Gasteiger charge is 2.58. The number of ether oxygens (including phenoxy) is 2. The average Bonchev–Trinajstić information content (AvgIpc) is 3.14. The van der Waals surface area contributed by atoms with Gasteiger partial charge in [-0.2, -0.15) is 22.0 Å². The van der Waals surface area contributed by atoms with Crippen LogP contribution in [0, 0.1) is 5.92 Å². The van der Waals surface area contributed by atoms with Crippen molar-refractivity contribution in [2.45, 2.75) is 74.0 Å². The van der Waals surface area contributed by atoms with Gasteiger partial charge in [0.05, 0.1) is 18.6 Å². The highest BCUT2D eigenvalue weighted by molar-refractivity contribution is 7.89. The molecule has 1 heterocycles. The number of halogens is 6. The monoisotopic (exact) mass is 787 g/mol. The van der Waals surface area contributed by atoms with Crippen molar-refractivity contribution in [2.24, 2.45) is 11.7 Å². The fourth-order valence-corrected chi connectivity index (χ4v) is 7.83. The topological polar surface area (TPSA) is 128 Å². The summed E-state index contributed by atoms with van der Waals surface area (Å²) in [6.45, 7) is -0.108. The van der Waals surface area contributed by atoms with Gasteiger partial charge in [-0.05, 0) is 84.1 Å². The molecule has 0 spiro atoms. The smallest absolute Gasteiger partial charge is 0.492 e. The van der Waals surface area contributed by atoms with Gasteiger partial charge >= 0.3 is 18.1 Å².